The third-order valence-corrected chi connectivity index (χ3v) is 3.97. The molecule has 2 amide bonds. The molecule has 1 saturated heterocycles. The van der Waals surface area contributed by atoms with Crippen molar-refractivity contribution < 1.29 is 14.3 Å². The molecule has 1 atom stereocenters. The maximum atomic E-state index is 12.2. The van der Waals surface area contributed by atoms with Crippen molar-refractivity contribution in [3.8, 4) is 0 Å². The van der Waals surface area contributed by atoms with Crippen molar-refractivity contribution >= 4 is 11.8 Å². The van der Waals surface area contributed by atoms with E-state index in [1.54, 1.807) is 6.20 Å². The molecule has 7 heteroatoms. The van der Waals surface area contributed by atoms with Gasteiger partial charge in [-0.1, -0.05) is 0 Å². The number of amides is 2. The van der Waals surface area contributed by atoms with Crippen molar-refractivity contribution in [1.29, 1.82) is 0 Å². The van der Waals surface area contributed by atoms with E-state index in [2.05, 4.69) is 15.3 Å². The normalized spacial score (nSPS) is 18.3. The summed E-state index contributed by atoms with van der Waals surface area (Å²) >= 11 is 0. The molecule has 0 aliphatic carbocycles. The zero-order valence-electron chi connectivity index (χ0n) is 14.6. The van der Waals surface area contributed by atoms with E-state index in [4.69, 9.17) is 4.74 Å². The lowest BCUT2D eigenvalue weighted by Gasteiger charge is -2.21. The highest BCUT2D eigenvalue weighted by molar-refractivity contribution is 5.92. The van der Waals surface area contributed by atoms with Gasteiger partial charge in [-0.25, -0.2) is 4.98 Å². The van der Waals surface area contributed by atoms with Crippen LogP contribution in [0.4, 0.5) is 0 Å². The van der Waals surface area contributed by atoms with Crippen molar-refractivity contribution in [3.05, 3.63) is 23.8 Å². The highest BCUT2D eigenvalue weighted by Crippen LogP contribution is 2.12. The minimum Gasteiger partial charge on any atom is -0.369 e. The molecule has 24 heavy (non-hydrogen) atoms. The zero-order chi connectivity index (χ0) is 17.5. The molecule has 0 radical (unpaired) electrons. The molecule has 0 spiro atoms. The van der Waals surface area contributed by atoms with Crippen LogP contribution < -0.4 is 5.32 Å². The van der Waals surface area contributed by atoms with E-state index < -0.39 is 0 Å². The van der Waals surface area contributed by atoms with E-state index >= 15 is 0 Å². The van der Waals surface area contributed by atoms with Gasteiger partial charge in [0.15, 0.2) is 0 Å². The number of rotatable bonds is 5. The second kappa shape index (κ2) is 8.73. The summed E-state index contributed by atoms with van der Waals surface area (Å²) in [5.74, 6) is -0.199. The Morgan fingerprint density at radius 2 is 2.08 bits per heavy atom. The molecule has 0 aromatic carbocycles. The Morgan fingerprint density at radius 1 is 1.29 bits per heavy atom. The average molecular weight is 334 g/mol. The summed E-state index contributed by atoms with van der Waals surface area (Å²) < 4.78 is 5.38. The maximum absolute atomic E-state index is 12.2. The quantitative estimate of drug-likeness (QED) is 0.878. The highest BCUT2D eigenvalue weighted by atomic mass is 16.5. The Kier molecular flexibility index (Phi) is 6.66. The molecule has 1 fully saturated rings. The van der Waals surface area contributed by atoms with Gasteiger partial charge in [0.2, 0.25) is 5.91 Å². The van der Waals surface area contributed by atoms with E-state index in [1.807, 2.05) is 25.7 Å². The molecule has 0 unspecified atom stereocenters. The fourth-order valence-electron chi connectivity index (χ4n) is 2.59. The highest BCUT2D eigenvalue weighted by Gasteiger charge is 2.22. The Hall–Kier alpha value is -2.02. The molecule has 1 aliphatic heterocycles. The predicted molar refractivity (Wildman–Crippen MR) is 89.5 cm³/mol. The van der Waals surface area contributed by atoms with Crippen LogP contribution in [0.3, 0.4) is 0 Å². The topological polar surface area (TPSA) is 84.4 Å². The first-order chi connectivity index (χ1) is 11.5. The fraction of sp³-hybridized carbons (Fsp3) is 0.647. The first-order valence-electron chi connectivity index (χ1n) is 8.44. The van der Waals surface area contributed by atoms with Crippen LogP contribution in [0, 0.1) is 6.92 Å². The first-order valence-corrected chi connectivity index (χ1v) is 8.44. The third-order valence-electron chi connectivity index (χ3n) is 3.97. The SMILES string of the molecule is Cc1cnc(C(=O)N[C@@H]2CCCN(C(=O)COC(C)C)CC2)cn1. The number of carbonyl (C=O) groups is 2. The standard InChI is InChI=1S/C17H26N4O3/c1-12(2)24-11-16(22)21-7-4-5-14(6-8-21)20-17(23)15-10-18-13(3)9-19-15/h9-10,12,14H,4-8,11H2,1-3H3,(H,20,23)/t14-/m1/s1. The van der Waals surface area contributed by atoms with Crippen LogP contribution in [0.2, 0.25) is 0 Å². The van der Waals surface area contributed by atoms with E-state index in [1.165, 1.54) is 6.20 Å². The maximum Gasteiger partial charge on any atom is 0.271 e. The minimum atomic E-state index is -0.213. The summed E-state index contributed by atoms with van der Waals surface area (Å²) in [6.45, 7) is 7.11. The molecular weight excluding hydrogens is 308 g/mol. The molecule has 1 aromatic heterocycles. The third kappa shape index (κ3) is 5.56. The van der Waals surface area contributed by atoms with Crippen LogP contribution in [-0.2, 0) is 9.53 Å². The number of ether oxygens (including phenoxy) is 1. The Bertz CT molecular complexity index is 559. The molecule has 1 aromatic rings. The summed E-state index contributed by atoms with van der Waals surface area (Å²) in [7, 11) is 0. The van der Waals surface area contributed by atoms with E-state index in [9.17, 15) is 9.59 Å². The summed E-state index contributed by atoms with van der Waals surface area (Å²) in [4.78, 5) is 34.4. The van der Waals surface area contributed by atoms with Gasteiger partial charge >= 0.3 is 0 Å². The molecule has 1 aliphatic rings. The zero-order valence-corrected chi connectivity index (χ0v) is 14.6. The summed E-state index contributed by atoms with van der Waals surface area (Å²) in [5.41, 5.74) is 1.10. The number of nitrogens with zero attached hydrogens (tertiary/aromatic N) is 3. The molecule has 132 valence electrons. The second-order valence-electron chi connectivity index (χ2n) is 6.38. The van der Waals surface area contributed by atoms with Crippen LogP contribution in [-0.4, -0.2) is 58.5 Å². The largest absolute Gasteiger partial charge is 0.369 e. The number of nitrogens with one attached hydrogen (secondary N) is 1. The lowest BCUT2D eigenvalue weighted by atomic mass is 10.1. The van der Waals surface area contributed by atoms with Gasteiger partial charge in [-0.15, -0.1) is 0 Å². The van der Waals surface area contributed by atoms with Gasteiger partial charge in [0.05, 0.1) is 18.0 Å². The van der Waals surface area contributed by atoms with Crippen LogP contribution in [0.5, 0.6) is 0 Å². The Labute approximate surface area is 142 Å². The minimum absolute atomic E-state index is 0.0140. The van der Waals surface area contributed by atoms with Crippen molar-refractivity contribution in [1.82, 2.24) is 20.2 Å². The number of hydrogen-bond acceptors (Lipinski definition) is 5. The van der Waals surface area contributed by atoms with E-state index in [-0.39, 0.29) is 30.6 Å². The Morgan fingerprint density at radius 3 is 2.75 bits per heavy atom. The number of carbonyl (C=O) groups excluding carboxylic acids is 2. The fourth-order valence-corrected chi connectivity index (χ4v) is 2.59. The predicted octanol–water partition coefficient (Wildman–Crippen LogP) is 1.32. The van der Waals surface area contributed by atoms with Crippen molar-refractivity contribution in [2.75, 3.05) is 19.7 Å². The summed E-state index contributed by atoms with van der Waals surface area (Å²) in [5, 5.41) is 2.99. The van der Waals surface area contributed by atoms with Gasteiger partial charge in [0, 0.05) is 25.3 Å². The van der Waals surface area contributed by atoms with Crippen LogP contribution in [0.15, 0.2) is 12.4 Å². The van der Waals surface area contributed by atoms with E-state index in [0.29, 0.717) is 18.8 Å². The Balaban J connectivity index is 1.83. The molecule has 2 heterocycles. The number of likely N-dealkylation sites (tertiary alicyclic amines) is 1. The van der Waals surface area contributed by atoms with Gasteiger partial charge < -0.3 is 15.0 Å². The second-order valence-corrected chi connectivity index (χ2v) is 6.38. The van der Waals surface area contributed by atoms with Gasteiger partial charge in [0.25, 0.3) is 5.91 Å². The molecule has 1 N–H and O–H groups in total. The average Bonchev–Trinajstić information content (AvgIpc) is 2.79. The summed E-state index contributed by atoms with van der Waals surface area (Å²) in [6.07, 6.45) is 5.55. The summed E-state index contributed by atoms with van der Waals surface area (Å²) in [6, 6.07) is 0.0458. The molecular formula is C17H26N4O3. The lowest BCUT2D eigenvalue weighted by Crippen LogP contribution is -2.38. The van der Waals surface area contributed by atoms with Crippen LogP contribution in [0.1, 0.15) is 49.3 Å². The molecule has 2 rings (SSSR count). The lowest BCUT2D eigenvalue weighted by molar-refractivity contribution is -0.137. The van der Waals surface area contributed by atoms with Crippen LogP contribution >= 0.6 is 0 Å². The number of aromatic nitrogens is 2. The first kappa shape index (κ1) is 18.3. The van der Waals surface area contributed by atoms with Gasteiger partial charge in [-0.05, 0) is 40.0 Å². The molecule has 0 saturated carbocycles. The number of aryl methyl sites for hydroxylation is 1. The monoisotopic (exact) mass is 334 g/mol. The smallest absolute Gasteiger partial charge is 0.271 e. The van der Waals surface area contributed by atoms with Gasteiger partial charge in [-0.3, -0.25) is 14.6 Å². The van der Waals surface area contributed by atoms with Crippen molar-refractivity contribution in [2.24, 2.45) is 0 Å². The molecule has 0 bridgehead atoms. The van der Waals surface area contributed by atoms with Gasteiger partial charge in [0.1, 0.15) is 12.3 Å². The van der Waals surface area contributed by atoms with Crippen molar-refractivity contribution in [3.63, 3.8) is 0 Å². The van der Waals surface area contributed by atoms with E-state index in [0.717, 1.165) is 25.0 Å². The number of hydrogen-bond donors (Lipinski definition) is 1. The molecule has 7 nitrogen and oxygen atoms in total. The van der Waals surface area contributed by atoms with Gasteiger partial charge in [-0.2, -0.15) is 0 Å². The van der Waals surface area contributed by atoms with Crippen molar-refractivity contribution in [2.45, 2.75) is 52.2 Å². The van der Waals surface area contributed by atoms with Crippen LogP contribution in [0.25, 0.3) is 0 Å².